The lowest BCUT2D eigenvalue weighted by Gasteiger charge is -2.38. The molecule has 374 valence electrons. The van der Waals surface area contributed by atoms with Gasteiger partial charge in [0.05, 0.1) is 51.9 Å². The van der Waals surface area contributed by atoms with Crippen molar-refractivity contribution in [1.82, 2.24) is 30.2 Å². The number of sulfonamides is 1. The smallest absolute Gasteiger partial charge is 0.430 e. The summed E-state index contributed by atoms with van der Waals surface area (Å²) in [5.74, 6) is -2.26. The normalized spacial score (nSPS) is 28.8. The number of alkyl halides is 3. The molecule has 4 amide bonds. The summed E-state index contributed by atoms with van der Waals surface area (Å²) < 4.78 is 100. The number of rotatable bonds is 12. The van der Waals surface area contributed by atoms with Crippen LogP contribution in [0, 0.1) is 5.92 Å². The lowest BCUT2D eigenvalue weighted by Crippen LogP contribution is -2.62. The average molecular weight is 1000 g/mol. The van der Waals surface area contributed by atoms with Crippen LogP contribution in [0.2, 0.25) is 0 Å². The van der Waals surface area contributed by atoms with Crippen LogP contribution in [0.25, 0.3) is 21.8 Å². The van der Waals surface area contributed by atoms with Crippen molar-refractivity contribution in [1.29, 1.82) is 0 Å². The van der Waals surface area contributed by atoms with E-state index >= 15 is 4.79 Å². The third kappa shape index (κ3) is 10.9. The Bertz CT molecular complexity index is 2520. The number of allylic oxidation sites excluding steroid dienone is 1. The fourth-order valence-electron chi connectivity index (χ4n) is 8.90. The van der Waals surface area contributed by atoms with Gasteiger partial charge in [-0.25, -0.2) is 18.2 Å². The minimum atomic E-state index is -5.01. The van der Waals surface area contributed by atoms with Crippen molar-refractivity contribution in [3.63, 3.8) is 0 Å². The van der Waals surface area contributed by atoms with E-state index in [0.29, 0.717) is 48.6 Å². The monoisotopic (exact) mass is 1000 g/mol. The zero-order valence-electron chi connectivity index (χ0n) is 38.7. The van der Waals surface area contributed by atoms with Gasteiger partial charge in [0.1, 0.15) is 35.2 Å². The second-order valence-electron chi connectivity index (χ2n) is 18.8. The van der Waals surface area contributed by atoms with Crippen LogP contribution in [-0.4, -0.2) is 126 Å². The number of aromatic nitrogens is 2. The van der Waals surface area contributed by atoms with Gasteiger partial charge in [-0.2, -0.15) is 13.2 Å². The second kappa shape index (κ2) is 19.8. The van der Waals surface area contributed by atoms with Gasteiger partial charge in [0.25, 0.3) is 5.91 Å². The van der Waals surface area contributed by atoms with Crippen molar-refractivity contribution in [2.75, 3.05) is 26.4 Å². The summed E-state index contributed by atoms with van der Waals surface area (Å²) in [5, 5.41) is 5.19. The van der Waals surface area contributed by atoms with Gasteiger partial charge in [0.15, 0.2) is 0 Å². The second-order valence-corrected chi connectivity index (χ2v) is 21.9. The predicted molar refractivity (Wildman–Crippen MR) is 245 cm³/mol. The molecule has 3 aromatic rings. The third-order valence-corrected chi connectivity index (χ3v) is 16.2. The zero-order chi connectivity index (χ0) is 49.4. The number of nitrogens with zero attached hydrogens (tertiary/aromatic N) is 3. The largest absolute Gasteiger partial charge is 0.491 e. The first kappa shape index (κ1) is 50.1. The Balaban J connectivity index is 1.14. The number of ether oxygens (including phenoxy) is 5. The summed E-state index contributed by atoms with van der Waals surface area (Å²) in [7, 11) is -4.12. The maximum Gasteiger partial charge on any atom is 0.430 e. The summed E-state index contributed by atoms with van der Waals surface area (Å²) in [4.78, 5) is 68.7. The van der Waals surface area contributed by atoms with E-state index in [4.69, 9.17) is 28.7 Å². The molecule has 2 aliphatic carbocycles. The highest BCUT2D eigenvalue weighted by atomic mass is 32.2. The van der Waals surface area contributed by atoms with Crippen LogP contribution in [0.3, 0.4) is 0 Å². The lowest BCUT2D eigenvalue weighted by atomic mass is 9.96. The highest BCUT2D eigenvalue weighted by molar-refractivity contribution is 7.91. The molecular formula is C47H57F3N6O11S2. The van der Waals surface area contributed by atoms with E-state index < -0.39 is 99.1 Å². The molecule has 7 atom stereocenters. The van der Waals surface area contributed by atoms with E-state index in [1.54, 1.807) is 42.9 Å². The fourth-order valence-corrected chi connectivity index (χ4v) is 10.8. The molecule has 0 radical (unpaired) electrons. The van der Waals surface area contributed by atoms with E-state index in [-0.39, 0.29) is 51.5 Å². The summed E-state index contributed by atoms with van der Waals surface area (Å²) >= 11 is 1.35. The van der Waals surface area contributed by atoms with Crippen LogP contribution in [0.5, 0.6) is 11.5 Å². The van der Waals surface area contributed by atoms with Crippen molar-refractivity contribution >= 4 is 45.2 Å². The quantitative estimate of drug-likeness (QED) is 0.172. The third-order valence-electron chi connectivity index (χ3n) is 13.3. The van der Waals surface area contributed by atoms with Crippen molar-refractivity contribution in [3.8, 4) is 33.3 Å². The Kier molecular flexibility index (Phi) is 14.4. The van der Waals surface area contributed by atoms with Crippen LogP contribution >= 0.6 is 11.3 Å². The molecular weight excluding hydrogens is 946 g/mol. The summed E-state index contributed by atoms with van der Waals surface area (Å²) in [6.45, 7) is 5.94. The summed E-state index contributed by atoms with van der Waals surface area (Å²) in [6, 6.07) is 7.65. The number of amides is 4. The highest BCUT2D eigenvalue weighted by Crippen LogP contribution is 2.48. The first-order valence-corrected chi connectivity index (χ1v) is 25.6. The van der Waals surface area contributed by atoms with E-state index in [2.05, 4.69) is 20.3 Å². The number of pyridine rings is 1. The fraction of sp³-hybridized carbons (Fsp3) is 0.574. The maximum atomic E-state index is 15.1. The van der Waals surface area contributed by atoms with Gasteiger partial charge in [0, 0.05) is 55.9 Å². The minimum absolute atomic E-state index is 0.0356. The van der Waals surface area contributed by atoms with Crippen molar-refractivity contribution in [3.05, 3.63) is 60.3 Å². The van der Waals surface area contributed by atoms with Crippen LogP contribution in [0.15, 0.2) is 60.3 Å². The van der Waals surface area contributed by atoms with E-state index in [0.717, 1.165) is 15.3 Å². The van der Waals surface area contributed by atoms with Crippen LogP contribution in [-0.2, 0) is 38.6 Å². The average Bonchev–Trinajstić information content (AvgIpc) is 4.05. The van der Waals surface area contributed by atoms with Crippen molar-refractivity contribution in [2.24, 2.45) is 5.92 Å². The molecule has 4 fully saturated rings. The standard InChI is InChI=1S/C47H57F3N6O11S2/c1-5-37-39(53-43(60)67-45(47(48,49)50)15-9-18-63-26-45)41(58)56-25-33(66-32-20-34(52-35(21-32)38-24-51-27-68-38)29-11-13-31(14-12-29)65-28(2)3)22-36(56)40(57)54-46(23-30(46)10-7-6-8-19-64-37)42(59)55-69(61,62)44(4)16-17-44/h7,10-14,20-21,24,27-28,30,33,36-37,39H,5-6,8-9,15-19,22-23,25-26H2,1-4H3,(H,53,60)(H,54,57)(H,55,59)/b10-7-/t30?,33-,36+,37+,39+,45?,46-/m1/s1. The lowest BCUT2D eigenvalue weighted by molar-refractivity contribution is -0.285. The zero-order valence-corrected chi connectivity index (χ0v) is 40.3. The number of carbonyl (C=O) groups excluding carboxylic acids is 4. The number of nitrogens with one attached hydrogen (secondary N) is 3. The van der Waals surface area contributed by atoms with Crippen molar-refractivity contribution in [2.45, 2.75) is 138 Å². The number of thiazole rings is 1. The summed E-state index contributed by atoms with van der Waals surface area (Å²) in [6.07, 6.45) is -2.50. The molecule has 8 rings (SSSR count). The number of halogens is 3. The Morgan fingerprint density at radius 3 is 2.46 bits per heavy atom. The molecule has 1 aromatic carbocycles. The molecule has 2 saturated heterocycles. The van der Waals surface area contributed by atoms with Crippen LogP contribution in [0.1, 0.15) is 85.5 Å². The Labute approximate surface area is 402 Å². The Hall–Kier alpha value is -5.32. The molecule has 0 spiro atoms. The number of carbonyl (C=O) groups is 4. The molecule has 0 bridgehead atoms. The van der Waals surface area contributed by atoms with Gasteiger partial charge >= 0.3 is 12.3 Å². The minimum Gasteiger partial charge on any atom is -0.491 e. The number of hydrogen-bond acceptors (Lipinski definition) is 14. The topological polar surface area (TPSA) is 214 Å². The molecule has 17 nitrogen and oxygen atoms in total. The van der Waals surface area contributed by atoms with Gasteiger partial charge in [-0.05, 0) is 90.0 Å². The Morgan fingerprint density at radius 2 is 1.81 bits per heavy atom. The molecule has 22 heteroatoms. The molecule has 69 heavy (non-hydrogen) atoms. The Morgan fingerprint density at radius 1 is 1.06 bits per heavy atom. The van der Waals surface area contributed by atoms with Gasteiger partial charge < -0.3 is 39.2 Å². The van der Waals surface area contributed by atoms with Gasteiger partial charge in [-0.1, -0.05) is 19.1 Å². The molecule has 3 aliphatic heterocycles. The first-order valence-electron chi connectivity index (χ1n) is 23.2. The molecule has 3 N–H and O–H groups in total. The van der Waals surface area contributed by atoms with Crippen LogP contribution in [0.4, 0.5) is 18.0 Å². The van der Waals surface area contributed by atoms with Crippen LogP contribution < -0.4 is 24.8 Å². The van der Waals surface area contributed by atoms with Gasteiger partial charge in [-0.3, -0.25) is 24.1 Å². The molecule has 5 aliphatic rings. The molecule has 2 unspecified atom stereocenters. The number of alkyl carbamates (subject to hydrolysis) is 1. The van der Waals surface area contributed by atoms with Gasteiger partial charge in [0.2, 0.25) is 27.4 Å². The summed E-state index contributed by atoms with van der Waals surface area (Å²) in [5.41, 5.74) is -1.25. The maximum absolute atomic E-state index is 15.1. The molecule has 5 heterocycles. The molecule has 2 aromatic heterocycles. The van der Waals surface area contributed by atoms with E-state index in [1.165, 1.54) is 18.3 Å². The number of hydrogen-bond donors (Lipinski definition) is 3. The van der Waals surface area contributed by atoms with E-state index in [1.807, 2.05) is 38.1 Å². The van der Waals surface area contributed by atoms with Crippen molar-refractivity contribution < 1.29 is 64.5 Å². The predicted octanol–water partition coefficient (Wildman–Crippen LogP) is 6.23. The van der Waals surface area contributed by atoms with Gasteiger partial charge in [-0.15, -0.1) is 11.3 Å². The first-order chi connectivity index (χ1) is 32.7. The molecule has 2 saturated carbocycles. The number of fused-ring (bicyclic) bond motifs is 2. The van der Waals surface area contributed by atoms with E-state index in [9.17, 15) is 36.0 Å². The number of benzene rings is 1. The highest BCUT2D eigenvalue weighted by Gasteiger charge is 2.63. The SMILES string of the molecule is CC[C@@H]1OCCC/C=C\C2C[C@@]2(C(=O)NS(=O)(=O)C2(C)CC2)NC(=O)[C@@H]2C[C@@H](Oc3cc(-c4ccc(OC(C)C)cc4)nc(-c4cncs4)c3)CN2C(=O)[C@H]1NC(=O)OC1(C(F)(F)F)CCCOC1.